The Hall–Kier alpha value is -2.84. The van der Waals surface area contributed by atoms with Crippen LogP contribution in [0.5, 0.6) is 23.0 Å². The number of carbonyl (C=O) groups is 2. The number of rotatable bonds is 11. The largest absolute Gasteiger partial charge is 0.504 e. The van der Waals surface area contributed by atoms with E-state index < -0.39 is 18.6 Å². The molecule has 0 aromatic heterocycles. The fourth-order valence-corrected chi connectivity index (χ4v) is 3.28. The van der Waals surface area contributed by atoms with Gasteiger partial charge in [0.1, 0.15) is 12.3 Å². The number of nitrogens with zero attached hydrogens (tertiary/aromatic N) is 1. The van der Waals surface area contributed by atoms with Gasteiger partial charge >= 0.3 is 12.1 Å². The summed E-state index contributed by atoms with van der Waals surface area (Å²) in [7, 11) is 0. The molecule has 0 saturated carbocycles. The van der Waals surface area contributed by atoms with Crippen molar-refractivity contribution < 1.29 is 34.0 Å². The van der Waals surface area contributed by atoms with E-state index in [-0.39, 0.29) is 39.6 Å². The molecule has 0 aliphatic carbocycles. The Labute approximate surface area is 196 Å². The first-order valence-corrected chi connectivity index (χ1v) is 10.8. The Morgan fingerprint density at radius 3 is 2.34 bits per heavy atom. The van der Waals surface area contributed by atoms with Gasteiger partial charge in [-0.2, -0.15) is 0 Å². The maximum absolute atomic E-state index is 12.2. The molecular weight excluding hydrogens is 461 g/mol. The van der Waals surface area contributed by atoms with Gasteiger partial charge in [-0.05, 0) is 37.6 Å². The van der Waals surface area contributed by atoms with Crippen molar-refractivity contribution >= 4 is 41.0 Å². The second-order valence-corrected chi connectivity index (χ2v) is 7.52. The number of amides is 1. The molecule has 0 unspecified atom stereocenters. The Balaban J connectivity index is 2.26. The summed E-state index contributed by atoms with van der Waals surface area (Å²) in [6, 6.07) is 7.16. The van der Waals surface area contributed by atoms with Crippen LogP contribution in [-0.2, 0) is 9.53 Å². The fourth-order valence-electron chi connectivity index (χ4n) is 2.72. The summed E-state index contributed by atoms with van der Waals surface area (Å²) < 4.78 is 16.3. The summed E-state index contributed by atoms with van der Waals surface area (Å²) in [4.78, 5) is 24.2. The second kappa shape index (κ2) is 12.3. The van der Waals surface area contributed by atoms with Crippen LogP contribution in [0.4, 0.5) is 10.5 Å². The van der Waals surface area contributed by atoms with Gasteiger partial charge in [-0.3, -0.25) is 9.69 Å². The predicted molar refractivity (Wildman–Crippen MR) is 122 cm³/mol. The first-order valence-electron chi connectivity index (χ1n) is 10.1. The van der Waals surface area contributed by atoms with Crippen molar-refractivity contribution in [2.45, 2.75) is 33.1 Å². The molecule has 0 atom stereocenters. The van der Waals surface area contributed by atoms with Crippen molar-refractivity contribution in [3.63, 3.8) is 0 Å². The summed E-state index contributed by atoms with van der Waals surface area (Å²) in [6.45, 7) is 3.57. The highest BCUT2D eigenvalue weighted by molar-refractivity contribution is 6.37. The van der Waals surface area contributed by atoms with Crippen LogP contribution in [0.1, 0.15) is 33.1 Å². The van der Waals surface area contributed by atoms with Crippen molar-refractivity contribution in [1.29, 1.82) is 0 Å². The molecule has 0 spiro atoms. The van der Waals surface area contributed by atoms with Gasteiger partial charge in [0.2, 0.25) is 0 Å². The highest BCUT2D eigenvalue weighted by Gasteiger charge is 2.23. The lowest BCUT2D eigenvalue weighted by molar-refractivity contribution is -0.135. The summed E-state index contributed by atoms with van der Waals surface area (Å²) in [5, 5.41) is 19.2. The third-order valence-corrected chi connectivity index (χ3v) is 4.79. The third kappa shape index (κ3) is 7.10. The molecule has 8 nitrogen and oxygen atoms in total. The quantitative estimate of drug-likeness (QED) is 0.369. The standard InChI is InChI=1S/C22H25Cl2NO7/c1-3-5-6-9-31-19-12-15(7-8-18(19)26)32-21-16(23)10-14(11-17(21)24)25(13-20(27)28)22(29)30-4-2/h7-8,10-12,26H,3-6,9,13H2,1-2H3,(H,27,28). The van der Waals surface area contributed by atoms with Gasteiger partial charge in [-0.1, -0.05) is 43.0 Å². The number of halogens is 2. The number of phenolic OH excluding ortho intramolecular Hbond substituents is 1. The summed E-state index contributed by atoms with van der Waals surface area (Å²) >= 11 is 12.6. The smallest absolute Gasteiger partial charge is 0.414 e. The molecule has 0 aliphatic heterocycles. The van der Waals surface area contributed by atoms with Crippen molar-refractivity contribution in [3.05, 3.63) is 40.4 Å². The third-order valence-electron chi connectivity index (χ3n) is 4.23. The first-order chi connectivity index (χ1) is 15.3. The number of aromatic hydroxyl groups is 1. The molecule has 2 rings (SSSR count). The van der Waals surface area contributed by atoms with Gasteiger partial charge in [-0.15, -0.1) is 0 Å². The van der Waals surface area contributed by atoms with E-state index in [2.05, 4.69) is 6.92 Å². The average Bonchev–Trinajstić information content (AvgIpc) is 2.73. The molecule has 32 heavy (non-hydrogen) atoms. The fraction of sp³-hybridized carbons (Fsp3) is 0.364. The number of anilines is 1. The Bertz CT molecular complexity index is 929. The highest BCUT2D eigenvalue weighted by Crippen LogP contribution is 2.41. The topological polar surface area (TPSA) is 106 Å². The number of hydrogen-bond donors (Lipinski definition) is 2. The molecule has 0 aliphatic rings. The lowest BCUT2D eigenvalue weighted by Crippen LogP contribution is -2.36. The van der Waals surface area contributed by atoms with Crippen LogP contribution in [0, 0.1) is 0 Å². The molecule has 0 bridgehead atoms. The summed E-state index contributed by atoms with van der Waals surface area (Å²) in [5.41, 5.74) is 0.138. The van der Waals surface area contributed by atoms with E-state index in [0.29, 0.717) is 12.4 Å². The van der Waals surface area contributed by atoms with Crippen molar-refractivity contribution in [3.8, 4) is 23.0 Å². The van der Waals surface area contributed by atoms with Crippen LogP contribution in [0.2, 0.25) is 10.0 Å². The van der Waals surface area contributed by atoms with Crippen molar-refractivity contribution in [2.75, 3.05) is 24.7 Å². The van der Waals surface area contributed by atoms with Crippen LogP contribution < -0.4 is 14.4 Å². The average molecular weight is 486 g/mol. The molecule has 174 valence electrons. The maximum atomic E-state index is 12.2. The minimum Gasteiger partial charge on any atom is -0.504 e. The number of unbranched alkanes of at least 4 members (excludes halogenated alkanes) is 2. The number of carbonyl (C=O) groups excluding carboxylic acids is 1. The molecule has 2 N–H and O–H groups in total. The Morgan fingerprint density at radius 2 is 1.75 bits per heavy atom. The molecule has 0 saturated heterocycles. The van der Waals surface area contributed by atoms with E-state index in [1.54, 1.807) is 6.92 Å². The van der Waals surface area contributed by atoms with Gasteiger partial charge in [0.05, 0.1) is 28.9 Å². The Morgan fingerprint density at radius 1 is 1.06 bits per heavy atom. The van der Waals surface area contributed by atoms with Crippen LogP contribution in [0.25, 0.3) is 0 Å². The van der Waals surface area contributed by atoms with Crippen LogP contribution in [-0.4, -0.2) is 42.0 Å². The Kier molecular flexibility index (Phi) is 9.74. The van der Waals surface area contributed by atoms with E-state index in [1.165, 1.54) is 30.3 Å². The van der Waals surface area contributed by atoms with Crippen molar-refractivity contribution in [1.82, 2.24) is 0 Å². The molecule has 1 amide bonds. The maximum Gasteiger partial charge on any atom is 0.414 e. The summed E-state index contributed by atoms with van der Waals surface area (Å²) in [5.74, 6) is -0.588. The van der Waals surface area contributed by atoms with E-state index in [1.807, 2.05) is 0 Å². The zero-order valence-electron chi connectivity index (χ0n) is 17.8. The number of hydrogen-bond acceptors (Lipinski definition) is 6. The molecule has 2 aromatic rings. The molecule has 10 heteroatoms. The van der Waals surface area contributed by atoms with E-state index in [9.17, 15) is 14.7 Å². The van der Waals surface area contributed by atoms with Crippen molar-refractivity contribution in [2.24, 2.45) is 0 Å². The van der Waals surface area contributed by atoms with Gasteiger partial charge in [-0.25, -0.2) is 4.79 Å². The van der Waals surface area contributed by atoms with Gasteiger partial charge in [0.25, 0.3) is 0 Å². The SMILES string of the molecule is CCCCCOc1cc(Oc2c(Cl)cc(N(CC(=O)O)C(=O)OCC)cc2Cl)ccc1O. The zero-order valence-corrected chi connectivity index (χ0v) is 19.3. The lowest BCUT2D eigenvalue weighted by Gasteiger charge is -2.21. The van der Waals surface area contributed by atoms with Crippen LogP contribution in [0.3, 0.4) is 0 Å². The monoisotopic (exact) mass is 485 g/mol. The zero-order chi connectivity index (χ0) is 23.7. The molecular formula is C22H25Cl2NO7. The number of phenols is 1. The molecule has 0 radical (unpaired) electrons. The lowest BCUT2D eigenvalue weighted by atomic mass is 10.2. The number of ether oxygens (including phenoxy) is 3. The highest BCUT2D eigenvalue weighted by atomic mass is 35.5. The minimum atomic E-state index is -1.24. The number of carboxylic acids is 1. The number of benzene rings is 2. The van der Waals surface area contributed by atoms with E-state index >= 15 is 0 Å². The van der Waals surface area contributed by atoms with Crippen LogP contribution in [0.15, 0.2) is 30.3 Å². The minimum absolute atomic E-state index is 0.0276. The predicted octanol–water partition coefficient (Wildman–Crippen LogP) is 6.11. The van der Waals surface area contributed by atoms with E-state index in [4.69, 9.17) is 42.5 Å². The summed E-state index contributed by atoms with van der Waals surface area (Å²) in [6.07, 6.45) is 2.07. The molecule has 0 heterocycles. The first kappa shape index (κ1) is 25.4. The van der Waals surface area contributed by atoms with Crippen LogP contribution >= 0.6 is 23.2 Å². The van der Waals surface area contributed by atoms with Gasteiger partial charge in [0.15, 0.2) is 17.2 Å². The molecule has 2 aromatic carbocycles. The second-order valence-electron chi connectivity index (χ2n) is 6.70. The van der Waals surface area contributed by atoms with Gasteiger partial charge < -0.3 is 24.4 Å². The van der Waals surface area contributed by atoms with E-state index in [0.717, 1.165) is 24.2 Å². The number of carboxylic acid groups (broad SMARTS) is 1. The number of aliphatic carboxylic acids is 1. The molecule has 0 fully saturated rings. The normalized spacial score (nSPS) is 10.5. The van der Waals surface area contributed by atoms with Gasteiger partial charge in [0, 0.05) is 6.07 Å².